The smallest absolute Gasteiger partial charge is 0.0350 e. The molecule has 1 N–H and O–H groups in total. The van der Waals surface area contributed by atoms with Crippen molar-refractivity contribution in [2.24, 2.45) is 0 Å². The van der Waals surface area contributed by atoms with Gasteiger partial charge in [-0.2, -0.15) is 5.06 Å². The van der Waals surface area contributed by atoms with Crippen molar-refractivity contribution in [1.82, 2.24) is 5.06 Å². The van der Waals surface area contributed by atoms with Crippen molar-refractivity contribution in [2.45, 2.75) is 219 Å². The zero-order chi connectivity index (χ0) is 27.1. The summed E-state index contributed by atoms with van der Waals surface area (Å²) in [6, 6.07) is 0.389. The Hall–Kier alpha value is -0.0800. The van der Waals surface area contributed by atoms with Crippen LogP contribution in [0.3, 0.4) is 0 Å². The van der Waals surface area contributed by atoms with Gasteiger partial charge in [0.05, 0.1) is 0 Å². The van der Waals surface area contributed by atoms with Crippen LogP contribution in [0.1, 0.15) is 213 Å². The molecule has 0 aromatic carbocycles. The molecule has 0 rings (SSSR count). The minimum atomic E-state index is 0.389. The van der Waals surface area contributed by atoms with Crippen molar-refractivity contribution in [2.75, 3.05) is 6.54 Å². The van der Waals surface area contributed by atoms with Crippen molar-refractivity contribution in [3.05, 3.63) is 0 Å². The van der Waals surface area contributed by atoms with Crippen molar-refractivity contribution >= 4 is 0 Å². The molecule has 0 bridgehead atoms. The van der Waals surface area contributed by atoms with E-state index in [1.54, 1.807) is 5.06 Å². The van der Waals surface area contributed by atoms with Crippen LogP contribution < -0.4 is 0 Å². The third kappa shape index (κ3) is 28.7. The van der Waals surface area contributed by atoms with Crippen molar-refractivity contribution in [3.63, 3.8) is 0 Å². The number of unbranched alkanes of at least 4 members (excludes halogenated alkanes) is 26. The molecule has 0 aromatic heterocycles. The molecule has 224 valence electrons. The largest absolute Gasteiger partial charge is 0.314 e. The highest BCUT2D eigenvalue weighted by Gasteiger charge is 2.14. The van der Waals surface area contributed by atoms with Crippen LogP contribution in [0.5, 0.6) is 0 Å². The van der Waals surface area contributed by atoms with E-state index >= 15 is 0 Å². The maximum absolute atomic E-state index is 10.4. The van der Waals surface area contributed by atoms with Gasteiger partial charge in [-0.05, 0) is 12.8 Å². The first-order valence-corrected chi connectivity index (χ1v) is 17.7. The Bertz CT molecular complexity index is 367. The molecule has 0 fully saturated rings. The predicted octanol–water partition coefficient (Wildman–Crippen LogP) is 12.8. The summed E-state index contributed by atoms with van der Waals surface area (Å²) < 4.78 is 0. The maximum atomic E-state index is 10.4. The fraction of sp³-hybridized carbons (Fsp3) is 1.00. The Morgan fingerprint density at radius 3 is 0.784 bits per heavy atom. The van der Waals surface area contributed by atoms with Gasteiger partial charge in [0, 0.05) is 12.6 Å². The molecule has 0 saturated carbocycles. The zero-order valence-corrected chi connectivity index (χ0v) is 26.4. The van der Waals surface area contributed by atoms with Crippen LogP contribution in [-0.4, -0.2) is 22.9 Å². The van der Waals surface area contributed by atoms with Crippen LogP contribution >= 0.6 is 0 Å². The lowest BCUT2D eigenvalue weighted by atomic mass is 9.99. The summed E-state index contributed by atoms with van der Waals surface area (Å²) in [5.41, 5.74) is 0. The first-order valence-electron chi connectivity index (χ1n) is 17.7. The van der Waals surface area contributed by atoms with E-state index in [1.807, 2.05) is 0 Å². The first kappa shape index (κ1) is 36.9. The third-order valence-corrected chi connectivity index (χ3v) is 8.53. The third-order valence-electron chi connectivity index (χ3n) is 8.53. The van der Waals surface area contributed by atoms with Crippen molar-refractivity contribution in [3.8, 4) is 0 Å². The summed E-state index contributed by atoms with van der Waals surface area (Å²) in [6.07, 6.45) is 42.0. The molecule has 0 heterocycles. The summed E-state index contributed by atoms with van der Waals surface area (Å²) in [7, 11) is 0. The molecule has 0 aliphatic rings. The van der Waals surface area contributed by atoms with Gasteiger partial charge in [-0.15, -0.1) is 0 Å². The highest BCUT2D eigenvalue weighted by molar-refractivity contribution is 4.66. The molecule has 0 aliphatic carbocycles. The van der Waals surface area contributed by atoms with E-state index in [4.69, 9.17) is 0 Å². The first-order chi connectivity index (χ1) is 18.3. The highest BCUT2D eigenvalue weighted by Crippen LogP contribution is 2.19. The van der Waals surface area contributed by atoms with Gasteiger partial charge >= 0.3 is 0 Å². The van der Waals surface area contributed by atoms with Gasteiger partial charge < -0.3 is 5.21 Å². The lowest BCUT2D eigenvalue weighted by Gasteiger charge is -2.25. The lowest BCUT2D eigenvalue weighted by molar-refractivity contribution is -0.127. The van der Waals surface area contributed by atoms with Crippen molar-refractivity contribution in [1.29, 1.82) is 0 Å². The molecule has 0 aromatic rings. The Labute approximate surface area is 236 Å². The second kappa shape index (κ2) is 32.1. The van der Waals surface area contributed by atoms with Crippen LogP contribution in [0.4, 0.5) is 0 Å². The number of nitrogens with zero attached hydrogens (tertiary/aromatic N) is 1. The van der Waals surface area contributed by atoms with E-state index in [0.29, 0.717) is 6.04 Å². The van der Waals surface area contributed by atoms with Crippen LogP contribution in [0.25, 0.3) is 0 Å². The number of hydroxylamine groups is 2. The summed E-state index contributed by atoms with van der Waals surface area (Å²) in [5.74, 6) is 0. The second-order valence-corrected chi connectivity index (χ2v) is 12.2. The zero-order valence-electron chi connectivity index (χ0n) is 26.4. The number of hydrogen-bond donors (Lipinski definition) is 1. The van der Waals surface area contributed by atoms with Gasteiger partial charge in [0.1, 0.15) is 0 Å². The topological polar surface area (TPSA) is 23.5 Å². The van der Waals surface area contributed by atoms with E-state index in [0.717, 1.165) is 6.54 Å². The average molecular weight is 524 g/mol. The second-order valence-electron chi connectivity index (χ2n) is 12.2. The van der Waals surface area contributed by atoms with Crippen LogP contribution in [-0.2, 0) is 0 Å². The molecule has 0 spiro atoms. The molecular formula is C35H73NO. The van der Waals surface area contributed by atoms with Gasteiger partial charge in [0.25, 0.3) is 0 Å². The molecular weight excluding hydrogens is 450 g/mol. The van der Waals surface area contributed by atoms with Gasteiger partial charge in [0.2, 0.25) is 0 Å². The Morgan fingerprint density at radius 2 is 0.568 bits per heavy atom. The van der Waals surface area contributed by atoms with Gasteiger partial charge in [-0.3, -0.25) is 0 Å². The molecule has 0 saturated heterocycles. The quantitative estimate of drug-likeness (QED) is 0.0699. The molecule has 0 atom stereocenters. The highest BCUT2D eigenvalue weighted by atomic mass is 16.5. The molecule has 0 aliphatic heterocycles. The van der Waals surface area contributed by atoms with E-state index < -0.39 is 0 Å². The van der Waals surface area contributed by atoms with E-state index in [1.165, 1.54) is 193 Å². The summed E-state index contributed by atoms with van der Waals surface area (Å²) >= 11 is 0. The standard InChI is InChI=1S/C35H73NO/c1-4-7-9-11-13-15-17-19-21-23-25-27-29-31-33-35(36(37)6-3)34-32-30-28-26-24-22-20-18-16-14-12-10-8-5-2/h35,37H,4-34H2,1-3H3. The van der Waals surface area contributed by atoms with Crippen molar-refractivity contribution < 1.29 is 5.21 Å². The fourth-order valence-electron chi connectivity index (χ4n) is 5.85. The van der Waals surface area contributed by atoms with Crippen LogP contribution in [0.15, 0.2) is 0 Å². The van der Waals surface area contributed by atoms with Crippen LogP contribution in [0.2, 0.25) is 0 Å². The monoisotopic (exact) mass is 524 g/mol. The molecule has 2 heteroatoms. The lowest BCUT2D eigenvalue weighted by Crippen LogP contribution is -2.32. The Kier molecular flexibility index (Phi) is 32.1. The summed E-state index contributed by atoms with van der Waals surface area (Å²) in [4.78, 5) is 0. The summed E-state index contributed by atoms with van der Waals surface area (Å²) in [5, 5.41) is 12.0. The molecule has 37 heavy (non-hydrogen) atoms. The number of rotatable bonds is 32. The average Bonchev–Trinajstić information content (AvgIpc) is 2.91. The summed E-state index contributed by atoms with van der Waals surface area (Å²) in [6.45, 7) is 7.45. The Balaban J connectivity index is 3.50. The molecule has 0 radical (unpaired) electrons. The van der Waals surface area contributed by atoms with Gasteiger partial charge in [-0.25, -0.2) is 0 Å². The van der Waals surface area contributed by atoms with Crippen LogP contribution in [0, 0.1) is 0 Å². The maximum Gasteiger partial charge on any atom is 0.0350 e. The fourth-order valence-corrected chi connectivity index (χ4v) is 5.85. The predicted molar refractivity (Wildman–Crippen MR) is 168 cm³/mol. The normalized spacial score (nSPS) is 11.8. The SMILES string of the molecule is CCCCCCCCCCCCCCCCC(CCCCCCCCCCCCCCCC)N(O)CC. The van der Waals surface area contributed by atoms with Gasteiger partial charge in [0.15, 0.2) is 0 Å². The molecule has 0 unspecified atom stereocenters. The van der Waals surface area contributed by atoms with Gasteiger partial charge in [-0.1, -0.05) is 201 Å². The number of hydrogen-bond acceptors (Lipinski definition) is 2. The minimum Gasteiger partial charge on any atom is -0.314 e. The van der Waals surface area contributed by atoms with E-state index in [2.05, 4.69) is 20.8 Å². The Morgan fingerprint density at radius 1 is 0.351 bits per heavy atom. The molecule has 2 nitrogen and oxygen atoms in total. The van der Waals surface area contributed by atoms with E-state index in [-0.39, 0.29) is 0 Å². The molecule has 0 amide bonds. The minimum absolute atomic E-state index is 0.389. The van der Waals surface area contributed by atoms with E-state index in [9.17, 15) is 5.21 Å².